The van der Waals surface area contributed by atoms with Gasteiger partial charge in [0.1, 0.15) is 17.2 Å². The molecule has 0 fully saturated rings. The first-order valence-electron chi connectivity index (χ1n) is 13.5. The Morgan fingerprint density at radius 2 is 1.21 bits per heavy atom. The fourth-order valence-electron chi connectivity index (χ4n) is 4.61. The van der Waals surface area contributed by atoms with E-state index in [0.29, 0.717) is 11.5 Å². The summed E-state index contributed by atoms with van der Waals surface area (Å²) in [7, 11) is 1.56. The van der Waals surface area contributed by atoms with Crippen molar-refractivity contribution in [2.45, 2.75) is 51.1 Å². The Kier molecular flexibility index (Phi) is 9.74. The SMILES string of the molecule is CCCCCCOc1ccc(-c2ccc(OCCC(c3ccc4cc(OC)ccc4c3)C(F)(F)F)cc2)cc1. The summed E-state index contributed by atoms with van der Waals surface area (Å²) in [6.45, 7) is 2.86. The third kappa shape index (κ3) is 7.92. The van der Waals surface area contributed by atoms with E-state index in [0.717, 1.165) is 40.7 Å². The third-order valence-electron chi connectivity index (χ3n) is 6.85. The average molecular weight is 537 g/mol. The highest BCUT2D eigenvalue weighted by Gasteiger charge is 2.40. The summed E-state index contributed by atoms with van der Waals surface area (Å²) in [5.41, 5.74) is 2.26. The van der Waals surface area contributed by atoms with Gasteiger partial charge in [-0.15, -0.1) is 0 Å². The first-order chi connectivity index (χ1) is 18.9. The molecule has 0 radical (unpaired) electrons. The Morgan fingerprint density at radius 3 is 1.79 bits per heavy atom. The van der Waals surface area contributed by atoms with E-state index in [1.165, 1.54) is 25.3 Å². The quantitative estimate of drug-likeness (QED) is 0.159. The maximum Gasteiger partial charge on any atom is 0.395 e. The lowest BCUT2D eigenvalue weighted by molar-refractivity contribution is -0.153. The molecule has 0 aliphatic carbocycles. The number of alkyl halides is 3. The van der Waals surface area contributed by atoms with Crippen molar-refractivity contribution in [3.63, 3.8) is 0 Å². The van der Waals surface area contributed by atoms with Gasteiger partial charge in [0.15, 0.2) is 0 Å². The monoisotopic (exact) mass is 536 g/mol. The van der Waals surface area contributed by atoms with Gasteiger partial charge in [-0.2, -0.15) is 13.2 Å². The number of rotatable bonds is 13. The molecule has 39 heavy (non-hydrogen) atoms. The summed E-state index contributed by atoms with van der Waals surface area (Å²) < 4.78 is 58.6. The van der Waals surface area contributed by atoms with Gasteiger partial charge in [-0.1, -0.05) is 74.7 Å². The lowest BCUT2D eigenvalue weighted by atomic mass is 9.93. The summed E-state index contributed by atoms with van der Waals surface area (Å²) in [4.78, 5) is 0. The Bertz CT molecular complexity index is 1320. The first-order valence-corrected chi connectivity index (χ1v) is 13.5. The lowest BCUT2D eigenvalue weighted by Gasteiger charge is -2.21. The van der Waals surface area contributed by atoms with Crippen molar-refractivity contribution in [3.05, 3.63) is 90.5 Å². The summed E-state index contributed by atoms with van der Waals surface area (Å²) >= 11 is 0. The molecule has 4 aromatic carbocycles. The second kappa shape index (κ2) is 13.4. The highest BCUT2D eigenvalue weighted by atomic mass is 19.4. The number of ether oxygens (including phenoxy) is 3. The van der Waals surface area contributed by atoms with Crippen molar-refractivity contribution in [1.82, 2.24) is 0 Å². The Morgan fingerprint density at radius 1 is 0.641 bits per heavy atom. The molecule has 6 heteroatoms. The van der Waals surface area contributed by atoms with Gasteiger partial charge in [-0.05, 0) is 76.7 Å². The average Bonchev–Trinajstić information content (AvgIpc) is 2.95. The molecule has 0 aliphatic heterocycles. The lowest BCUT2D eigenvalue weighted by Crippen LogP contribution is -2.23. The van der Waals surface area contributed by atoms with E-state index in [2.05, 4.69) is 6.92 Å². The second-order valence-corrected chi connectivity index (χ2v) is 9.66. The van der Waals surface area contributed by atoms with Gasteiger partial charge < -0.3 is 14.2 Å². The zero-order chi connectivity index (χ0) is 27.7. The molecule has 4 aromatic rings. The van der Waals surface area contributed by atoms with Gasteiger partial charge >= 0.3 is 6.18 Å². The maximum absolute atomic E-state index is 14.0. The van der Waals surface area contributed by atoms with Crippen molar-refractivity contribution >= 4 is 10.8 Å². The molecule has 0 heterocycles. The first kappa shape index (κ1) is 28.3. The zero-order valence-electron chi connectivity index (χ0n) is 22.5. The van der Waals surface area contributed by atoms with E-state index >= 15 is 0 Å². The fourth-order valence-corrected chi connectivity index (χ4v) is 4.61. The molecule has 0 aromatic heterocycles. The van der Waals surface area contributed by atoms with Gasteiger partial charge in [0.25, 0.3) is 0 Å². The predicted molar refractivity (Wildman–Crippen MR) is 151 cm³/mol. The smallest absolute Gasteiger partial charge is 0.395 e. The molecule has 3 nitrogen and oxygen atoms in total. The largest absolute Gasteiger partial charge is 0.497 e. The van der Waals surface area contributed by atoms with Crippen LogP contribution in [0.3, 0.4) is 0 Å². The Balaban J connectivity index is 1.33. The number of methoxy groups -OCH3 is 1. The molecular formula is C33H35F3O3. The van der Waals surface area contributed by atoms with E-state index in [-0.39, 0.29) is 18.6 Å². The van der Waals surface area contributed by atoms with Crippen molar-refractivity contribution in [2.24, 2.45) is 0 Å². The van der Waals surface area contributed by atoms with Crippen LogP contribution in [-0.4, -0.2) is 26.5 Å². The molecule has 206 valence electrons. The molecule has 0 bridgehead atoms. The second-order valence-electron chi connectivity index (χ2n) is 9.66. The predicted octanol–water partition coefficient (Wildman–Crippen LogP) is 9.59. The summed E-state index contributed by atoms with van der Waals surface area (Å²) in [5.74, 6) is 0.440. The highest BCUT2D eigenvalue weighted by Crippen LogP contribution is 2.39. The number of halogens is 3. The van der Waals surface area contributed by atoms with Crippen LogP contribution in [0.2, 0.25) is 0 Å². The topological polar surface area (TPSA) is 27.7 Å². The van der Waals surface area contributed by atoms with Crippen molar-refractivity contribution in [1.29, 1.82) is 0 Å². The third-order valence-corrected chi connectivity index (χ3v) is 6.85. The summed E-state index contributed by atoms with van der Waals surface area (Å²) in [6.07, 6.45) is 0.115. The van der Waals surface area contributed by atoms with Crippen LogP contribution < -0.4 is 14.2 Å². The van der Waals surface area contributed by atoms with Crippen molar-refractivity contribution in [3.8, 4) is 28.4 Å². The van der Waals surface area contributed by atoms with Crippen LogP contribution in [0.25, 0.3) is 21.9 Å². The van der Waals surface area contributed by atoms with Gasteiger partial charge in [0, 0.05) is 0 Å². The molecule has 0 aliphatic rings. The van der Waals surface area contributed by atoms with E-state index < -0.39 is 12.1 Å². The molecule has 0 saturated carbocycles. The molecule has 0 amide bonds. The normalized spacial score (nSPS) is 12.3. The van der Waals surface area contributed by atoms with Gasteiger partial charge in [-0.3, -0.25) is 0 Å². The molecular weight excluding hydrogens is 501 g/mol. The van der Waals surface area contributed by atoms with Crippen LogP contribution in [-0.2, 0) is 0 Å². The van der Waals surface area contributed by atoms with E-state index in [1.807, 2.05) is 42.5 Å². The van der Waals surface area contributed by atoms with Crippen LogP contribution in [0, 0.1) is 0 Å². The fraction of sp³-hybridized carbons (Fsp3) is 0.333. The van der Waals surface area contributed by atoms with E-state index in [1.54, 1.807) is 43.5 Å². The van der Waals surface area contributed by atoms with Crippen LogP contribution in [0.4, 0.5) is 13.2 Å². The minimum atomic E-state index is -4.38. The molecule has 1 unspecified atom stereocenters. The zero-order valence-corrected chi connectivity index (χ0v) is 22.5. The van der Waals surface area contributed by atoms with E-state index in [4.69, 9.17) is 14.2 Å². The van der Waals surface area contributed by atoms with Crippen LogP contribution in [0.5, 0.6) is 17.2 Å². The van der Waals surface area contributed by atoms with Crippen molar-refractivity contribution < 1.29 is 27.4 Å². The molecule has 0 spiro atoms. The molecule has 0 N–H and O–H groups in total. The number of benzene rings is 4. The number of hydrogen-bond donors (Lipinski definition) is 0. The van der Waals surface area contributed by atoms with Gasteiger partial charge in [-0.25, -0.2) is 0 Å². The standard InChI is InChI=1S/C33H35F3O3/c1-3-4-5-6-20-38-29-14-9-24(10-15-29)25-11-16-30(17-12-25)39-21-19-32(33(34,35)36)28-8-7-27-23-31(37-2)18-13-26(27)22-28/h7-18,22-23,32H,3-6,19-21H2,1-2H3. The van der Waals surface area contributed by atoms with Crippen LogP contribution >= 0.6 is 0 Å². The molecule has 4 rings (SSSR count). The van der Waals surface area contributed by atoms with Gasteiger partial charge in [0.2, 0.25) is 0 Å². The molecule has 1 atom stereocenters. The minimum absolute atomic E-state index is 0.0472. The summed E-state index contributed by atoms with van der Waals surface area (Å²) in [6, 6.07) is 25.5. The van der Waals surface area contributed by atoms with Gasteiger partial charge in [0.05, 0.1) is 26.2 Å². The Labute approximate surface area is 228 Å². The minimum Gasteiger partial charge on any atom is -0.497 e. The Hall–Kier alpha value is -3.67. The van der Waals surface area contributed by atoms with Crippen LogP contribution in [0.15, 0.2) is 84.9 Å². The van der Waals surface area contributed by atoms with Crippen molar-refractivity contribution in [2.75, 3.05) is 20.3 Å². The number of hydrogen-bond acceptors (Lipinski definition) is 3. The highest BCUT2D eigenvalue weighted by molar-refractivity contribution is 5.84. The van der Waals surface area contributed by atoms with Crippen LogP contribution in [0.1, 0.15) is 50.5 Å². The summed E-state index contributed by atoms with van der Waals surface area (Å²) in [5, 5.41) is 1.57. The molecule has 0 saturated heterocycles. The maximum atomic E-state index is 14.0. The number of fused-ring (bicyclic) bond motifs is 1. The number of unbranched alkanes of at least 4 members (excludes halogenated alkanes) is 3. The van der Waals surface area contributed by atoms with E-state index in [9.17, 15) is 13.2 Å².